The summed E-state index contributed by atoms with van der Waals surface area (Å²) in [7, 11) is 0. The van der Waals surface area contributed by atoms with Crippen molar-refractivity contribution in [1.82, 2.24) is 0 Å². The maximum atomic E-state index is 3.94. The van der Waals surface area contributed by atoms with Gasteiger partial charge >= 0.3 is 26.2 Å². The van der Waals surface area contributed by atoms with Crippen molar-refractivity contribution in [2.45, 2.75) is 46.5 Å². The molecule has 1 radical (unpaired) electrons. The van der Waals surface area contributed by atoms with Gasteiger partial charge in [0.05, 0.1) is 0 Å². The van der Waals surface area contributed by atoms with Crippen molar-refractivity contribution in [3.8, 4) is 11.1 Å². The zero-order valence-electron chi connectivity index (χ0n) is 25.6. The minimum absolute atomic E-state index is 0. The summed E-state index contributed by atoms with van der Waals surface area (Å²) in [5, 5.41) is 2.61. The van der Waals surface area contributed by atoms with Crippen molar-refractivity contribution in [2.24, 2.45) is 0 Å². The Hall–Kier alpha value is -2.96. The van der Waals surface area contributed by atoms with E-state index < -0.39 is 0 Å². The van der Waals surface area contributed by atoms with E-state index in [0.717, 1.165) is 12.8 Å². The van der Waals surface area contributed by atoms with E-state index >= 15 is 0 Å². The summed E-state index contributed by atoms with van der Waals surface area (Å²) in [4.78, 5) is 0. The van der Waals surface area contributed by atoms with E-state index in [9.17, 15) is 0 Å². The summed E-state index contributed by atoms with van der Waals surface area (Å²) in [6.07, 6.45) is 10.7. The number of hydrogen-bond acceptors (Lipinski definition) is 0. The Kier molecular flexibility index (Phi) is 10.8. The first kappa shape index (κ1) is 33.9. The molecule has 0 heterocycles. The Balaban J connectivity index is 0.00000147. The molecular formula is C41H35Cl2Zr. The van der Waals surface area contributed by atoms with E-state index in [1.807, 2.05) is 0 Å². The third kappa shape index (κ3) is 5.76. The van der Waals surface area contributed by atoms with Crippen LogP contribution in [-0.2, 0) is 39.0 Å². The van der Waals surface area contributed by atoms with Gasteiger partial charge in [0.2, 0.25) is 0 Å². The van der Waals surface area contributed by atoms with Gasteiger partial charge in [-0.1, -0.05) is 139 Å². The summed E-state index contributed by atoms with van der Waals surface area (Å²) in [6.45, 7) is 9.03. The van der Waals surface area contributed by atoms with E-state index in [1.165, 1.54) is 82.8 Å². The molecule has 217 valence electrons. The molecule has 0 aromatic heterocycles. The first-order valence-corrected chi connectivity index (χ1v) is 14.9. The standard InChI is InChI=1S/C41H35.2ClH.Zr/c1-5-28-17-19-34-32(23-28)24-37-36(34)25-38(40(29-13-9-7-10-14-29)30-15-11-8-12-16-30)33(6-2)41(37)35-20-18-31-22-26(3)21-27(4)39(31)35;;;/h7-23,25,35H,5-6H2,1-4H3;2*1H;/q-1;;;+3/p-2. The summed E-state index contributed by atoms with van der Waals surface area (Å²) < 4.78 is 0. The van der Waals surface area contributed by atoms with E-state index in [0.29, 0.717) is 0 Å². The van der Waals surface area contributed by atoms with Crippen molar-refractivity contribution in [3.63, 3.8) is 0 Å². The number of halogens is 2. The van der Waals surface area contributed by atoms with Gasteiger partial charge in [-0.3, -0.25) is 0 Å². The Morgan fingerprint density at radius 3 is 1.98 bits per heavy atom. The molecule has 0 nitrogen and oxygen atoms in total. The maximum absolute atomic E-state index is 3.94. The second-order valence-corrected chi connectivity index (χ2v) is 11.5. The van der Waals surface area contributed by atoms with Crippen molar-refractivity contribution in [3.05, 3.63) is 169 Å². The summed E-state index contributed by atoms with van der Waals surface area (Å²) in [5.41, 5.74) is 17.3. The SMILES string of the molecule is CCc1ccc2c(c1)[C-]=c1c-2cc(=C(c2ccccc2)c2ccccc2)c(CC)c1C1C=Cc2cc(C)cc(C)c21.[Cl-].[Cl-].[Zr+3]. The molecule has 1 unspecified atom stereocenters. The van der Waals surface area contributed by atoms with Gasteiger partial charge in [0.25, 0.3) is 0 Å². The van der Waals surface area contributed by atoms with Gasteiger partial charge in [-0.05, 0) is 65.3 Å². The maximum Gasteiger partial charge on any atom is 3.00 e. The molecule has 2 aliphatic rings. The number of allylic oxidation sites excluding steroid dienone is 1. The molecule has 0 N–H and O–H groups in total. The molecule has 0 saturated carbocycles. The van der Waals surface area contributed by atoms with Crippen LogP contribution in [0.2, 0.25) is 0 Å². The van der Waals surface area contributed by atoms with Crippen LogP contribution in [0, 0.1) is 13.8 Å². The molecule has 2 aliphatic carbocycles. The molecule has 0 spiro atoms. The van der Waals surface area contributed by atoms with E-state index in [-0.39, 0.29) is 56.9 Å². The van der Waals surface area contributed by atoms with Gasteiger partial charge in [0.15, 0.2) is 0 Å². The normalized spacial score (nSPS) is 13.4. The predicted octanol–water partition coefficient (Wildman–Crippen LogP) is 2.53. The molecule has 5 aromatic carbocycles. The average Bonchev–Trinajstić information content (AvgIpc) is 3.58. The van der Waals surface area contributed by atoms with Gasteiger partial charge in [0.1, 0.15) is 0 Å². The monoisotopic (exact) mass is 687 g/mol. The van der Waals surface area contributed by atoms with Gasteiger partial charge in [-0.15, -0.1) is 34.1 Å². The molecule has 0 bridgehead atoms. The van der Waals surface area contributed by atoms with Crippen LogP contribution in [0.3, 0.4) is 0 Å². The summed E-state index contributed by atoms with van der Waals surface area (Å²) in [6, 6.07) is 36.0. The predicted molar refractivity (Wildman–Crippen MR) is 174 cm³/mol. The van der Waals surface area contributed by atoms with Crippen molar-refractivity contribution < 1.29 is 51.0 Å². The van der Waals surface area contributed by atoms with Gasteiger partial charge in [0, 0.05) is 5.92 Å². The molecule has 0 aliphatic heterocycles. The Bertz CT molecular complexity index is 1930. The number of aryl methyl sites for hydroxylation is 3. The molecule has 5 aromatic rings. The van der Waals surface area contributed by atoms with Crippen molar-refractivity contribution in [2.75, 3.05) is 0 Å². The molecule has 0 fully saturated rings. The topological polar surface area (TPSA) is 0 Å². The molecule has 44 heavy (non-hydrogen) atoms. The fraction of sp³-hybridized carbons (Fsp3) is 0.171. The van der Waals surface area contributed by atoms with Crippen LogP contribution >= 0.6 is 0 Å². The molecule has 1 atom stereocenters. The number of hydrogen-bond donors (Lipinski definition) is 0. The van der Waals surface area contributed by atoms with Crippen LogP contribution < -0.4 is 35.3 Å². The third-order valence-corrected chi connectivity index (χ3v) is 8.92. The van der Waals surface area contributed by atoms with Crippen LogP contribution in [0.4, 0.5) is 0 Å². The van der Waals surface area contributed by atoms with E-state index in [4.69, 9.17) is 0 Å². The Morgan fingerprint density at radius 1 is 0.705 bits per heavy atom. The van der Waals surface area contributed by atoms with E-state index in [2.05, 4.69) is 143 Å². The minimum Gasteiger partial charge on any atom is -1.00 e. The fourth-order valence-corrected chi connectivity index (χ4v) is 7.12. The molecular weight excluding hydrogens is 655 g/mol. The number of fused-ring (bicyclic) bond motifs is 4. The largest absolute Gasteiger partial charge is 3.00 e. The third-order valence-electron chi connectivity index (χ3n) is 8.92. The number of benzene rings is 5. The quantitative estimate of drug-likeness (QED) is 0.245. The fourth-order valence-electron chi connectivity index (χ4n) is 7.12. The van der Waals surface area contributed by atoms with Crippen LogP contribution in [0.15, 0.2) is 103 Å². The minimum atomic E-state index is 0. The second-order valence-electron chi connectivity index (χ2n) is 11.5. The van der Waals surface area contributed by atoms with Crippen LogP contribution in [0.5, 0.6) is 0 Å². The van der Waals surface area contributed by atoms with Crippen LogP contribution in [0.25, 0.3) is 28.9 Å². The Labute approximate surface area is 293 Å². The second kappa shape index (κ2) is 14.0. The molecule has 3 heteroatoms. The van der Waals surface area contributed by atoms with Crippen LogP contribution in [-0.4, -0.2) is 0 Å². The zero-order chi connectivity index (χ0) is 28.1. The van der Waals surface area contributed by atoms with Crippen LogP contribution in [0.1, 0.15) is 75.4 Å². The first-order chi connectivity index (χ1) is 20.1. The van der Waals surface area contributed by atoms with Gasteiger partial charge in [-0.25, -0.2) is 0 Å². The summed E-state index contributed by atoms with van der Waals surface area (Å²) in [5.74, 6) is 0.203. The van der Waals surface area contributed by atoms with Crippen molar-refractivity contribution in [1.29, 1.82) is 0 Å². The van der Waals surface area contributed by atoms with Gasteiger partial charge < -0.3 is 24.8 Å². The van der Waals surface area contributed by atoms with E-state index in [1.54, 1.807) is 0 Å². The molecule has 7 rings (SSSR count). The van der Waals surface area contributed by atoms with Gasteiger partial charge in [-0.2, -0.15) is 0 Å². The molecule has 0 saturated heterocycles. The average molecular weight is 690 g/mol. The van der Waals surface area contributed by atoms with Crippen molar-refractivity contribution >= 4 is 17.7 Å². The number of rotatable bonds is 5. The zero-order valence-corrected chi connectivity index (χ0v) is 29.6. The molecule has 0 amide bonds. The first-order valence-electron chi connectivity index (χ1n) is 14.9. The summed E-state index contributed by atoms with van der Waals surface area (Å²) >= 11 is 0. The smallest absolute Gasteiger partial charge is 1.00 e. The Morgan fingerprint density at radius 2 is 1.36 bits per heavy atom.